The molecule has 152 valence electrons. The number of rotatable bonds is 7. The highest BCUT2D eigenvalue weighted by Gasteiger charge is 2.30. The Balaban J connectivity index is 2.05. The van der Waals surface area contributed by atoms with E-state index in [2.05, 4.69) is 10.0 Å². The van der Waals surface area contributed by atoms with E-state index in [1.165, 1.54) is 12.1 Å². The van der Waals surface area contributed by atoms with Crippen molar-refractivity contribution in [3.05, 3.63) is 65.5 Å². The number of nitrogens with one attached hydrogen (secondary N) is 2. The number of carbonyl (C=O) groups excluding carboxylic acids is 1. The van der Waals surface area contributed by atoms with Crippen molar-refractivity contribution in [1.82, 2.24) is 10.0 Å². The quantitative estimate of drug-likeness (QED) is 0.678. The molecule has 2 aromatic rings. The Kier molecular flexibility index (Phi) is 6.78. The largest absolute Gasteiger partial charge is 0.416 e. The molecule has 1 unspecified atom stereocenters. The first-order chi connectivity index (χ1) is 13.0. The van der Waals surface area contributed by atoms with Crippen LogP contribution >= 0.6 is 0 Å². The van der Waals surface area contributed by atoms with E-state index in [-0.39, 0.29) is 23.4 Å². The molecular formula is C18H18F4N2O3S. The van der Waals surface area contributed by atoms with Crippen LogP contribution in [0.3, 0.4) is 0 Å². The van der Waals surface area contributed by atoms with Gasteiger partial charge in [-0.3, -0.25) is 4.79 Å². The summed E-state index contributed by atoms with van der Waals surface area (Å²) >= 11 is 0. The monoisotopic (exact) mass is 418 g/mol. The first-order valence-electron chi connectivity index (χ1n) is 8.24. The third kappa shape index (κ3) is 5.77. The number of hydrogen-bond donors (Lipinski definition) is 2. The lowest BCUT2D eigenvalue weighted by Crippen LogP contribution is -2.46. The minimum absolute atomic E-state index is 0.106. The molecule has 28 heavy (non-hydrogen) atoms. The smallest absolute Gasteiger partial charge is 0.351 e. The number of carbonyl (C=O) groups is 1. The van der Waals surface area contributed by atoms with Crippen LogP contribution in [0.15, 0.2) is 53.4 Å². The lowest BCUT2D eigenvalue weighted by atomic mass is 10.1. The molecule has 0 aliphatic carbocycles. The van der Waals surface area contributed by atoms with Crippen LogP contribution < -0.4 is 10.0 Å². The average molecular weight is 418 g/mol. The molecule has 5 nitrogen and oxygen atoms in total. The summed E-state index contributed by atoms with van der Waals surface area (Å²) in [7, 11) is -4.07. The molecule has 10 heteroatoms. The number of sulfonamides is 1. The average Bonchev–Trinajstić information content (AvgIpc) is 2.64. The second-order valence-electron chi connectivity index (χ2n) is 5.95. The van der Waals surface area contributed by atoms with Crippen LogP contribution in [0.1, 0.15) is 24.5 Å². The van der Waals surface area contributed by atoms with Gasteiger partial charge in [-0.25, -0.2) is 12.8 Å². The van der Waals surface area contributed by atoms with Gasteiger partial charge in [-0.1, -0.05) is 19.1 Å². The lowest BCUT2D eigenvalue weighted by molar-refractivity contribution is -0.137. The highest BCUT2D eigenvalue weighted by Crippen LogP contribution is 2.29. The van der Waals surface area contributed by atoms with Crippen LogP contribution in [0.4, 0.5) is 17.6 Å². The number of alkyl halides is 3. The minimum atomic E-state index is -4.50. The highest BCUT2D eigenvalue weighted by atomic mass is 32.2. The standard InChI is InChI=1S/C18H18F4N2O3S/c1-2-16(24-28(26,27)15-8-6-14(19)7-9-15)17(25)23-11-12-4-3-5-13(10-12)18(20,21)22/h3-10,16,24H,2,11H2,1H3,(H,23,25). The summed E-state index contributed by atoms with van der Waals surface area (Å²) < 4.78 is 78.0. The van der Waals surface area contributed by atoms with Crippen LogP contribution in [0, 0.1) is 5.82 Å². The Labute approximate surface area is 159 Å². The molecule has 0 bridgehead atoms. The SMILES string of the molecule is CCC(NS(=O)(=O)c1ccc(F)cc1)C(=O)NCc1cccc(C(F)(F)F)c1. The number of benzene rings is 2. The molecular weight excluding hydrogens is 400 g/mol. The zero-order valence-electron chi connectivity index (χ0n) is 14.8. The molecule has 0 aliphatic heterocycles. The van der Waals surface area contributed by atoms with Gasteiger partial charge < -0.3 is 5.32 Å². The number of halogens is 4. The van der Waals surface area contributed by atoms with Gasteiger partial charge in [-0.15, -0.1) is 0 Å². The molecule has 0 aromatic heterocycles. The Hall–Kier alpha value is -2.46. The molecule has 2 rings (SSSR count). The van der Waals surface area contributed by atoms with E-state index in [9.17, 15) is 30.8 Å². The van der Waals surface area contributed by atoms with Crippen LogP contribution in [0.5, 0.6) is 0 Å². The number of amides is 1. The van der Waals surface area contributed by atoms with Crippen LogP contribution in [-0.2, 0) is 27.5 Å². The van der Waals surface area contributed by atoms with Gasteiger partial charge in [0.1, 0.15) is 11.9 Å². The van der Waals surface area contributed by atoms with E-state index in [0.717, 1.165) is 36.4 Å². The fourth-order valence-corrected chi connectivity index (χ4v) is 3.64. The molecule has 0 heterocycles. The Bertz CT molecular complexity index is 929. The molecule has 0 aliphatic rings. The molecule has 2 aromatic carbocycles. The lowest BCUT2D eigenvalue weighted by Gasteiger charge is -2.17. The van der Waals surface area contributed by atoms with Crippen LogP contribution in [0.2, 0.25) is 0 Å². The van der Waals surface area contributed by atoms with Crippen molar-refractivity contribution >= 4 is 15.9 Å². The van der Waals surface area contributed by atoms with Gasteiger partial charge in [-0.2, -0.15) is 17.9 Å². The second kappa shape index (κ2) is 8.70. The van der Waals surface area contributed by atoms with E-state index in [1.54, 1.807) is 6.92 Å². The summed E-state index contributed by atoms with van der Waals surface area (Å²) in [5.41, 5.74) is -0.622. The van der Waals surface area contributed by atoms with E-state index in [0.29, 0.717) is 0 Å². The first-order valence-corrected chi connectivity index (χ1v) is 9.73. The van der Waals surface area contributed by atoms with Crippen molar-refractivity contribution in [2.24, 2.45) is 0 Å². The van der Waals surface area contributed by atoms with Gasteiger partial charge in [0.25, 0.3) is 0 Å². The second-order valence-corrected chi connectivity index (χ2v) is 7.67. The van der Waals surface area contributed by atoms with E-state index in [4.69, 9.17) is 0 Å². The third-order valence-electron chi connectivity index (χ3n) is 3.87. The fraction of sp³-hybridized carbons (Fsp3) is 0.278. The van der Waals surface area contributed by atoms with Gasteiger partial charge in [0.15, 0.2) is 0 Å². The summed E-state index contributed by atoms with van der Waals surface area (Å²) in [6.07, 6.45) is -4.40. The maximum atomic E-state index is 12.9. The zero-order chi connectivity index (χ0) is 20.9. The molecule has 1 amide bonds. The molecule has 0 fully saturated rings. The maximum Gasteiger partial charge on any atom is 0.416 e. The summed E-state index contributed by atoms with van der Waals surface area (Å²) in [5, 5.41) is 2.42. The van der Waals surface area contributed by atoms with Crippen molar-refractivity contribution in [2.45, 2.75) is 37.0 Å². The van der Waals surface area contributed by atoms with Crippen molar-refractivity contribution < 1.29 is 30.8 Å². The van der Waals surface area contributed by atoms with Crippen molar-refractivity contribution in [3.8, 4) is 0 Å². The molecule has 0 spiro atoms. The topological polar surface area (TPSA) is 75.3 Å². The normalized spacial score (nSPS) is 13.2. The Morgan fingerprint density at radius 1 is 1.11 bits per heavy atom. The predicted octanol–water partition coefficient (Wildman–Crippen LogP) is 3.22. The van der Waals surface area contributed by atoms with Crippen LogP contribution in [0.25, 0.3) is 0 Å². The summed E-state index contributed by atoms with van der Waals surface area (Å²) in [6.45, 7) is 1.37. The van der Waals surface area contributed by atoms with Crippen molar-refractivity contribution in [2.75, 3.05) is 0 Å². The molecule has 0 radical (unpaired) electrons. The first kappa shape index (κ1) is 21.8. The van der Waals surface area contributed by atoms with Gasteiger partial charge in [0.2, 0.25) is 15.9 Å². The summed E-state index contributed by atoms with van der Waals surface area (Å²) in [4.78, 5) is 12.1. The third-order valence-corrected chi connectivity index (χ3v) is 5.35. The van der Waals surface area contributed by atoms with Crippen LogP contribution in [-0.4, -0.2) is 20.4 Å². The molecule has 0 saturated carbocycles. The van der Waals surface area contributed by atoms with Gasteiger partial charge >= 0.3 is 6.18 Å². The zero-order valence-corrected chi connectivity index (χ0v) is 15.6. The Morgan fingerprint density at radius 3 is 2.32 bits per heavy atom. The van der Waals surface area contributed by atoms with E-state index in [1.807, 2.05) is 0 Å². The van der Waals surface area contributed by atoms with Gasteiger partial charge in [-0.05, 0) is 48.4 Å². The molecule has 1 atom stereocenters. The van der Waals surface area contributed by atoms with E-state index >= 15 is 0 Å². The van der Waals surface area contributed by atoms with E-state index < -0.39 is 39.5 Å². The molecule has 0 saturated heterocycles. The Morgan fingerprint density at radius 2 is 1.75 bits per heavy atom. The minimum Gasteiger partial charge on any atom is -0.351 e. The van der Waals surface area contributed by atoms with Crippen molar-refractivity contribution in [3.63, 3.8) is 0 Å². The van der Waals surface area contributed by atoms with Crippen molar-refractivity contribution in [1.29, 1.82) is 0 Å². The predicted molar refractivity (Wildman–Crippen MR) is 94.1 cm³/mol. The van der Waals surface area contributed by atoms with Gasteiger partial charge in [0, 0.05) is 6.54 Å². The fourth-order valence-electron chi connectivity index (χ4n) is 2.36. The highest BCUT2D eigenvalue weighted by molar-refractivity contribution is 7.89. The number of hydrogen-bond acceptors (Lipinski definition) is 3. The summed E-state index contributed by atoms with van der Waals surface area (Å²) in [6, 6.07) is 7.39. The molecule has 2 N–H and O–H groups in total. The summed E-state index contributed by atoms with van der Waals surface area (Å²) in [5.74, 6) is -1.30. The van der Waals surface area contributed by atoms with Gasteiger partial charge in [0.05, 0.1) is 10.5 Å². The maximum absolute atomic E-state index is 12.9.